The molecule has 5 rings (SSSR count). The lowest BCUT2D eigenvalue weighted by Gasteiger charge is -2.34. The molecule has 190 valence electrons. The summed E-state index contributed by atoms with van der Waals surface area (Å²) in [5, 5.41) is 4.23. The maximum absolute atomic E-state index is 13.3. The summed E-state index contributed by atoms with van der Waals surface area (Å²) in [6.07, 6.45) is 1.64. The molecule has 3 aromatic carbocycles. The number of benzene rings is 3. The summed E-state index contributed by atoms with van der Waals surface area (Å²) in [7, 11) is 1.59. The van der Waals surface area contributed by atoms with E-state index in [4.69, 9.17) is 4.74 Å². The van der Waals surface area contributed by atoms with Gasteiger partial charge < -0.3 is 10.1 Å². The molecule has 1 saturated heterocycles. The predicted molar refractivity (Wildman–Crippen MR) is 147 cm³/mol. The Morgan fingerprint density at radius 2 is 1.57 bits per heavy atom. The van der Waals surface area contributed by atoms with Gasteiger partial charge in [0, 0.05) is 68.8 Å². The Hall–Kier alpha value is -3.94. The van der Waals surface area contributed by atoms with Gasteiger partial charge in [-0.05, 0) is 23.8 Å². The first-order valence-electron chi connectivity index (χ1n) is 12.7. The summed E-state index contributed by atoms with van der Waals surface area (Å²) in [4.78, 5) is 31.4. The van der Waals surface area contributed by atoms with Gasteiger partial charge in [-0.1, -0.05) is 54.6 Å². The quantitative estimate of drug-likeness (QED) is 0.404. The first-order chi connectivity index (χ1) is 18.1. The van der Waals surface area contributed by atoms with Crippen molar-refractivity contribution in [2.45, 2.75) is 6.54 Å². The van der Waals surface area contributed by atoms with E-state index in [1.807, 2.05) is 42.5 Å². The average molecular weight is 497 g/mol. The number of nitrogens with zero attached hydrogens (tertiary/aromatic N) is 3. The molecule has 2 heterocycles. The number of rotatable bonds is 8. The normalized spacial score (nSPS) is 14.5. The third kappa shape index (κ3) is 5.74. The standard InChI is InChI=1S/C30H32N4O3/c1-37-25-11-7-10-24(20-25)34-22-28(26-12-5-6-13-27(26)30(34)36)29(35)31-14-15-32-16-18-33(19-17-32)21-23-8-3-2-4-9-23/h2-13,20,22H,14-19,21H2,1H3,(H,31,35). The molecule has 0 saturated carbocycles. The molecule has 1 amide bonds. The summed E-state index contributed by atoms with van der Waals surface area (Å²) in [5.74, 6) is 0.461. The van der Waals surface area contributed by atoms with Crippen LogP contribution in [0.5, 0.6) is 5.75 Å². The second-order valence-electron chi connectivity index (χ2n) is 9.32. The Bertz CT molecular complexity index is 1430. The van der Waals surface area contributed by atoms with Gasteiger partial charge in [0.25, 0.3) is 11.5 Å². The van der Waals surface area contributed by atoms with Crippen molar-refractivity contribution in [3.8, 4) is 11.4 Å². The number of amides is 1. The maximum Gasteiger partial charge on any atom is 0.262 e. The smallest absolute Gasteiger partial charge is 0.262 e. The van der Waals surface area contributed by atoms with Crippen molar-refractivity contribution in [2.24, 2.45) is 0 Å². The van der Waals surface area contributed by atoms with Gasteiger partial charge in [0.05, 0.1) is 18.4 Å². The highest BCUT2D eigenvalue weighted by Gasteiger charge is 2.18. The largest absolute Gasteiger partial charge is 0.497 e. The van der Waals surface area contributed by atoms with Gasteiger partial charge >= 0.3 is 0 Å². The number of nitrogens with one attached hydrogen (secondary N) is 1. The minimum atomic E-state index is -0.185. The van der Waals surface area contributed by atoms with Gasteiger partial charge in [0.1, 0.15) is 5.75 Å². The van der Waals surface area contributed by atoms with Crippen molar-refractivity contribution in [1.29, 1.82) is 0 Å². The zero-order valence-electron chi connectivity index (χ0n) is 21.1. The molecule has 0 atom stereocenters. The second-order valence-corrected chi connectivity index (χ2v) is 9.32. The van der Waals surface area contributed by atoms with Gasteiger partial charge in [0.2, 0.25) is 0 Å². The van der Waals surface area contributed by atoms with Crippen LogP contribution in [0.25, 0.3) is 16.5 Å². The van der Waals surface area contributed by atoms with Crippen LogP contribution in [0.2, 0.25) is 0 Å². The second kappa shape index (κ2) is 11.4. The van der Waals surface area contributed by atoms with Crippen LogP contribution in [0.3, 0.4) is 0 Å². The average Bonchev–Trinajstić information content (AvgIpc) is 2.95. The number of pyridine rings is 1. The molecule has 1 aliphatic heterocycles. The molecule has 0 radical (unpaired) electrons. The van der Waals surface area contributed by atoms with Crippen LogP contribution in [-0.2, 0) is 6.54 Å². The Morgan fingerprint density at radius 3 is 2.32 bits per heavy atom. The highest BCUT2D eigenvalue weighted by atomic mass is 16.5. The number of ether oxygens (including phenoxy) is 1. The molecule has 1 N–H and O–H groups in total. The fourth-order valence-electron chi connectivity index (χ4n) is 4.86. The summed E-state index contributed by atoms with van der Waals surface area (Å²) in [6, 6.07) is 25.1. The number of carbonyl (C=O) groups excluding carboxylic acids is 1. The Balaban J connectivity index is 1.25. The summed E-state index contributed by atoms with van der Waals surface area (Å²) in [5.41, 5.74) is 2.29. The maximum atomic E-state index is 13.3. The highest BCUT2D eigenvalue weighted by Crippen LogP contribution is 2.20. The lowest BCUT2D eigenvalue weighted by atomic mass is 10.1. The van der Waals surface area contributed by atoms with E-state index in [2.05, 4.69) is 39.4 Å². The van der Waals surface area contributed by atoms with E-state index in [0.29, 0.717) is 34.3 Å². The van der Waals surface area contributed by atoms with Crippen LogP contribution >= 0.6 is 0 Å². The molecular weight excluding hydrogens is 464 g/mol. The first kappa shape index (κ1) is 24.7. The van der Waals surface area contributed by atoms with Gasteiger partial charge in [0.15, 0.2) is 0 Å². The van der Waals surface area contributed by atoms with Crippen molar-refractivity contribution in [2.75, 3.05) is 46.4 Å². The topological polar surface area (TPSA) is 66.8 Å². The van der Waals surface area contributed by atoms with Crippen molar-refractivity contribution in [3.63, 3.8) is 0 Å². The van der Waals surface area contributed by atoms with E-state index in [9.17, 15) is 9.59 Å². The van der Waals surface area contributed by atoms with Crippen LogP contribution < -0.4 is 15.6 Å². The molecule has 7 heteroatoms. The SMILES string of the molecule is COc1cccc(-n2cc(C(=O)NCCN3CCN(Cc4ccccc4)CC3)c3ccccc3c2=O)c1. The van der Waals surface area contributed by atoms with Crippen LogP contribution in [0.15, 0.2) is 89.9 Å². The van der Waals surface area contributed by atoms with E-state index < -0.39 is 0 Å². The van der Waals surface area contributed by atoms with Gasteiger partial charge in [-0.2, -0.15) is 0 Å². The van der Waals surface area contributed by atoms with Crippen LogP contribution in [0.4, 0.5) is 0 Å². The molecule has 0 bridgehead atoms. The number of aromatic nitrogens is 1. The highest BCUT2D eigenvalue weighted by molar-refractivity contribution is 6.06. The van der Waals surface area contributed by atoms with E-state index >= 15 is 0 Å². The molecule has 0 unspecified atom stereocenters. The van der Waals surface area contributed by atoms with E-state index in [-0.39, 0.29) is 11.5 Å². The fourth-order valence-corrected chi connectivity index (χ4v) is 4.86. The minimum Gasteiger partial charge on any atom is -0.497 e. The fraction of sp³-hybridized carbons (Fsp3) is 0.267. The number of carbonyl (C=O) groups is 1. The van der Waals surface area contributed by atoms with Crippen molar-refractivity contribution in [1.82, 2.24) is 19.7 Å². The van der Waals surface area contributed by atoms with Crippen LogP contribution in [0, 0.1) is 0 Å². The summed E-state index contributed by atoms with van der Waals surface area (Å²) < 4.78 is 6.85. The third-order valence-electron chi connectivity index (χ3n) is 6.93. The summed E-state index contributed by atoms with van der Waals surface area (Å²) in [6.45, 7) is 6.29. The molecule has 1 fully saturated rings. The van der Waals surface area contributed by atoms with E-state index in [1.54, 1.807) is 25.4 Å². The van der Waals surface area contributed by atoms with Gasteiger partial charge in [-0.3, -0.25) is 24.0 Å². The first-order valence-corrected chi connectivity index (χ1v) is 12.7. The number of fused-ring (bicyclic) bond motifs is 1. The Kier molecular flexibility index (Phi) is 7.63. The third-order valence-corrected chi connectivity index (χ3v) is 6.93. The van der Waals surface area contributed by atoms with Gasteiger partial charge in [-0.15, -0.1) is 0 Å². The molecule has 1 aromatic heterocycles. The number of methoxy groups -OCH3 is 1. The molecule has 0 spiro atoms. The van der Waals surface area contributed by atoms with Crippen LogP contribution in [0.1, 0.15) is 15.9 Å². The predicted octanol–water partition coefficient (Wildman–Crippen LogP) is 3.55. The van der Waals surface area contributed by atoms with Gasteiger partial charge in [-0.25, -0.2) is 0 Å². The summed E-state index contributed by atoms with van der Waals surface area (Å²) >= 11 is 0. The molecule has 1 aliphatic rings. The molecule has 0 aliphatic carbocycles. The molecule has 7 nitrogen and oxygen atoms in total. The van der Waals surface area contributed by atoms with Crippen molar-refractivity contribution >= 4 is 16.7 Å². The molecule has 4 aromatic rings. The number of hydrogen-bond acceptors (Lipinski definition) is 5. The van der Waals surface area contributed by atoms with E-state index in [0.717, 1.165) is 39.3 Å². The molecule has 37 heavy (non-hydrogen) atoms. The minimum absolute atomic E-state index is 0.172. The van der Waals surface area contributed by atoms with E-state index in [1.165, 1.54) is 10.1 Å². The Labute approximate surface area is 216 Å². The zero-order chi connectivity index (χ0) is 25.6. The monoisotopic (exact) mass is 496 g/mol. The van der Waals surface area contributed by atoms with Crippen molar-refractivity contribution < 1.29 is 9.53 Å². The zero-order valence-corrected chi connectivity index (χ0v) is 21.1. The number of piperazine rings is 1. The lowest BCUT2D eigenvalue weighted by Crippen LogP contribution is -2.48. The van der Waals surface area contributed by atoms with Crippen LogP contribution in [-0.4, -0.2) is 66.7 Å². The Morgan fingerprint density at radius 1 is 0.865 bits per heavy atom. The number of hydrogen-bond donors (Lipinski definition) is 1. The van der Waals surface area contributed by atoms with Crippen molar-refractivity contribution in [3.05, 3.63) is 107 Å². The lowest BCUT2D eigenvalue weighted by molar-refractivity contribution is 0.0935. The molecular formula is C30H32N4O3.